The maximum atomic E-state index is 11.0. The Labute approximate surface area is 142 Å². The number of carbonyl (C=O) groups is 1. The van der Waals surface area contributed by atoms with Crippen LogP contribution in [0.2, 0.25) is 0 Å². The van der Waals surface area contributed by atoms with Gasteiger partial charge in [-0.15, -0.1) is 0 Å². The fourth-order valence-corrected chi connectivity index (χ4v) is 2.49. The van der Waals surface area contributed by atoms with E-state index in [0.717, 1.165) is 36.3 Å². The Balaban J connectivity index is 1.88. The van der Waals surface area contributed by atoms with E-state index in [2.05, 4.69) is 5.32 Å². The predicted octanol–water partition coefficient (Wildman–Crippen LogP) is 2.86. The van der Waals surface area contributed by atoms with Crippen LogP contribution in [0.1, 0.15) is 21.5 Å². The van der Waals surface area contributed by atoms with Crippen LogP contribution >= 0.6 is 0 Å². The molecule has 24 heavy (non-hydrogen) atoms. The molecule has 0 aliphatic rings. The maximum Gasteiger partial charge on any atom is 0.160 e. The largest absolute Gasteiger partial charge is 0.496 e. The second-order valence-electron chi connectivity index (χ2n) is 5.31. The summed E-state index contributed by atoms with van der Waals surface area (Å²) in [5.41, 5.74) is 2.78. The van der Waals surface area contributed by atoms with Crippen LogP contribution in [0.15, 0.2) is 36.4 Å². The molecule has 0 atom stereocenters. The van der Waals surface area contributed by atoms with E-state index < -0.39 is 0 Å². The molecular formula is C19H23NO4. The summed E-state index contributed by atoms with van der Waals surface area (Å²) in [6.45, 7) is 1.51. The molecule has 0 amide bonds. The predicted molar refractivity (Wildman–Crippen MR) is 93.3 cm³/mol. The van der Waals surface area contributed by atoms with E-state index in [0.29, 0.717) is 17.9 Å². The first-order chi connectivity index (χ1) is 11.7. The van der Waals surface area contributed by atoms with Crippen molar-refractivity contribution in [2.24, 2.45) is 0 Å². The van der Waals surface area contributed by atoms with Crippen LogP contribution in [-0.4, -0.2) is 34.2 Å². The summed E-state index contributed by atoms with van der Waals surface area (Å²) in [5, 5.41) is 3.38. The van der Waals surface area contributed by atoms with Crippen molar-refractivity contribution in [3.8, 4) is 17.2 Å². The molecule has 0 fully saturated rings. The SMILES string of the molecule is COc1ccc(CNCCc2ccc(OC)c(OC)c2)cc1C=O. The third kappa shape index (κ3) is 4.49. The van der Waals surface area contributed by atoms with Gasteiger partial charge in [0.1, 0.15) is 5.75 Å². The third-order valence-corrected chi connectivity index (χ3v) is 3.79. The van der Waals surface area contributed by atoms with Gasteiger partial charge in [0.2, 0.25) is 0 Å². The van der Waals surface area contributed by atoms with Crippen LogP contribution in [0, 0.1) is 0 Å². The van der Waals surface area contributed by atoms with E-state index in [1.807, 2.05) is 36.4 Å². The zero-order valence-corrected chi connectivity index (χ0v) is 14.3. The Kier molecular flexibility index (Phi) is 6.63. The normalized spacial score (nSPS) is 10.3. The summed E-state index contributed by atoms with van der Waals surface area (Å²) in [6.07, 6.45) is 1.68. The highest BCUT2D eigenvalue weighted by Gasteiger charge is 2.05. The number of benzene rings is 2. The van der Waals surface area contributed by atoms with Crippen LogP contribution in [0.25, 0.3) is 0 Å². The summed E-state index contributed by atoms with van der Waals surface area (Å²) in [6, 6.07) is 11.5. The monoisotopic (exact) mass is 329 g/mol. The Hall–Kier alpha value is -2.53. The summed E-state index contributed by atoms with van der Waals surface area (Å²) in [4.78, 5) is 11.0. The van der Waals surface area contributed by atoms with Gasteiger partial charge in [0.05, 0.1) is 26.9 Å². The van der Waals surface area contributed by atoms with Crippen LogP contribution < -0.4 is 19.5 Å². The van der Waals surface area contributed by atoms with Gasteiger partial charge in [0, 0.05) is 6.54 Å². The zero-order valence-electron chi connectivity index (χ0n) is 14.3. The summed E-state index contributed by atoms with van der Waals surface area (Å²) < 4.78 is 15.7. The smallest absolute Gasteiger partial charge is 0.160 e. The quantitative estimate of drug-likeness (QED) is 0.566. The molecule has 0 spiro atoms. The minimum atomic E-state index is 0.566. The molecule has 0 saturated heterocycles. The second-order valence-corrected chi connectivity index (χ2v) is 5.31. The van der Waals surface area contributed by atoms with Gasteiger partial charge in [-0.2, -0.15) is 0 Å². The van der Waals surface area contributed by atoms with E-state index in [1.54, 1.807) is 21.3 Å². The maximum absolute atomic E-state index is 11.0. The number of carbonyl (C=O) groups excluding carboxylic acids is 1. The van der Waals surface area contributed by atoms with Crippen molar-refractivity contribution in [2.45, 2.75) is 13.0 Å². The summed E-state index contributed by atoms with van der Waals surface area (Å²) >= 11 is 0. The molecule has 0 aliphatic heterocycles. The van der Waals surface area contributed by atoms with E-state index in [4.69, 9.17) is 14.2 Å². The lowest BCUT2D eigenvalue weighted by Crippen LogP contribution is -2.16. The van der Waals surface area contributed by atoms with Gasteiger partial charge >= 0.3 is 0 Å². The molecule has 5 nitrogen and oxygen atoms in total. The fourth-order valence-electron chi connectivity index (χ4n) is 2.49. The Morgan fingerprint density at radius 3 is 2.21 bits per heavy atom. The first-order valence-electron chi connectivity index (χ1n) is 7.75. The van der Waals surface area contributed by atoms with Gasteiger partial charge in [0.15, 0.2) is 17.8 Å². The van der Waals surface area contributed by atoms with E-state index in [-0.39, 0.29) is 0 Å². The van der Waals surface area contributed by atoms with Crippen molar-refractivity contribution in [2.75, 3.05) is 27.9 Å². The molecule has 0 heterocycles. The molecule has 0 bridgehead atoms. The first kappa shape index (κ1) is 17.8. The van der Waals surface area contributed by atoms with Gasteiger partial charge in [-0.25, -0.2) is 0 Å². The highest BCUT2D eigenvalue weighted by Crippen LogP contribution is 2.27. The molecule has 0 saturated carbocycles. The molecule has 0 aliphatic carbocycles. The standard InChI is InChI=1S/C19H23NO4/c1-22-17-6-5-15(10-16(17)13-21)12-20-9-8-14-4-7-18(23-2)19(11-14)24-3/h4-7,10-11,13,20H,8-9,12H2,1-3H3. The number of nitrogens with one attached hydrogen (secondary N) is 1. The molecule has 0 radical (unpaired) electrons. The van der Waals surface area contributed by atoms with E-state index in [1.165, 1.54) is 5.56 Å². The molecule has 2 aromatic carbocycles. The average Bonchev–Trinajstić information content (AvgIpc) is 2.64. The fraction of sp³-hybridized carbons (Fsp3) is 0.316. The van der Waals surface area contributed by atoms with Crippen molar-refractivity contribution in [3.05, 3.63) is 53.1 Å². The number of rotatable bonds is 9. The Morgan fingerprint density at radius 1 is 0.875 bits per heavy atom. The number of methoxy groups -OCH3 is 3. The molecule has 5 heteroatoms. The first-order valence-corrected chi connectivity index (χ1v) is 7.75. The molecule has 2 rings (SSSR count). The van der Waals surface area contributed by atoms with Gasteiger partial charge < -0.3 is 19.5 Å². The summed E-state index contributed by atoms with van der Waals surface area (Å²) in [7, 11) is 4.82. The van der Waals surface area contributed by atoms with Crippen LogP contribution in [0.5, 0.6) is 17.2 Å². The molecule has 0 aromatic heterocycles. The van der Waals surface area contributed by atoms with Gasteiger partial charge in [-0.05, 0) is 48.4 Å². The number of hydrogen-bond donors (Lipinski definition) is 1. The number of ether oxygens (including phenoxy) is 3. The second kappa shape index (κ2) is 8.93. The third-order valence-electron chi connectivity index (χ3n) is 3.79. The molecule has 128 valence electrons. The van der Waals surface area contributed by atoms with E-state index >= 15 is 0 Å². The lowest BCUT2D eigenvalue weighted by atomic mass is 10.1. The van der Waals surface area contributed by atoms with Crippen LogP contribution in [0.4, 0.5) is 0 Å². The highest BCUT2D eigenvalue weighted by atomic mass is 16.5. The van der Waals surface area contributed by atoms with Crippen molar-refractivity contribution in [1.82, 2.24) is 5.32 Å². The van der Waals surface area contributed by atoms with Gasteiger partial charge in [-0.1, -0.05) is 12.1 Å². The topological polar surface area (TPSA) is 56.8 Å². The van der Waals surface area contributed by atoms with Crippen molar-refractivity contribution in [3.63, 3.8) is 0 Å². The highest BCUT2D eigenvalue weighted by molar-refractivity contribution is 5.79. The van der Waals surface area contributed by atoms with Crippen LogP contribution in [0.3, 0.4) is 0 Å². The molecule has 1 N–H and O–H groups in total. The molecule has 2 aromatic rings. The summed E-state index contributed by atoms with van der Waals surface area (Å²) in [5.74, 6) is 2.06. The number of hydrogen-bond acceptors (Lipinski definition) is 5. The Bertz CT molecular complexity index is 685. The minimum Gasteiger partial charge on any atom is -0.496 e. The molecular weight excluding hydrogens is 306 g/mol. The van der Waals surface area contributed by atoms with Gasteiger partial charge in [-0.3, -0.25) is 4.79 Å². The zero-order chi connectivity index (χ0) is 17.4. The van der Waals surface area contributed by atoms with Crippen molar-refractivity contribution in [1.29, 1.82) is 0 Å². The lowest BCUT2D eigenvalue weighted by molar-refractivity contribution is 0.112. The van der Waals surface area contributed by atoms with Crippen molar-refractivity contribution >= 4 is 6.29 Å². The van der Waals surface area contributed by atoms with Crippen LogP contribution in [-0.2, 0) is 13.0 Å². The van der Waals surface area contributed by atoms with Crippen molar-refractivity contribution < 1.29 is 19.0 Å². The lowest BCUT2D eigenvalue weighted by Gasteiger charge is -2.10. The van der Waals surface area contributed by atoms with Gasteiger partial charge in [0.25, 0.3) is 0 Å². The van der Waals surface area contributed by atoms with E-state index in [9.17, 15) is 4.79 Å². The Morgan fingerprint density at radius 2 is 1.54 bits per heavy atom. The molecule has 0 unspecified atom stereocenters. The average molecular weight is 329 g/mol. The number of aldehydes is 1. The minimum absolute atomic E-state index is 0.566.